The summed E-state index contributed by atoms with van der Waals surface area (Å²) < 4.78 is 5.39. The van der Waals surface area contributed by atoms with Gasteiger partial charge in [-0.3, -0.25) is 14.7 Å². The van der Waals surface area contributed by atoms with Gasteiger partial charge in [-0.1, -0.05) is 13.0 Å². The Hall–Kier alpha value is -1.46. The maximum atomic E-state index is 12.1. The lowest BCUT2D eigenvalue weighted by atomic mass is 10.1. The highest BCUT2D eigenvalue weighted by molar-refractivity contribution is 5.76. The maximum absolute atomic E-state index is 12.1. The quantitative estimate of drug-likeness (QED) is 0.853. The Bertz CT molecular complexity index is 514. The monoisotopic (exact) mass is 303 g/mol. The molecule has 0 aliphatic carbocycles. The van der Waals surface area contributed by atoms with E-state index in [1.807, 2.05) is 11.8 Å². The Morgan fingerprint density at radius 2 is 2.14 bits per heavy atom. The second-order valence-electron chi connectivity index (χ2n) is 6.04. The van der Waals surface area contributed by atoms with Crippen molar-refractivity contribution in [3.63, 3.8) is 0 Å². The van der Waals surface area contributed by atoms with Crippen LogP contribution >= 0.6 is 0 Å². The zero-order chi connectivity index (χ0) is 15.4. The fraction of sp³-hybridized carbons (Fsp3) is 0.647. The van der Waals surface area contributed by atoms with Crippen LogP contribution in [0.15, 0.2) is 18.2 Å². The average Bonchev–Trinajstić information content (AvgIpc) is 3.05. The van der Waals surface area contributed by atoms with Crippen LogP contribution in [0.3, 0.4) is 0 Å². The summed E-state index contributed by atoms with van der Waals surface area (Å²) in [7, 11) is 0. The normalized spacial score (nSPS) is 23.0. The number of ether oxygens (including phenoxy) is 1. The van der Waals surface area contributed by atoms with Crippen molar-refractivity contribution < 1.29 is 9.53 Å². The molecule has 0 spiro atoms. The van der Waals surface area contributed by atoms with Gasteiger partial charge in [-0.25, -0.2) is 0 Å². The summed E-state index contributed by atoms with van der Waals surface area (Å²) in [6.07, 6.45) is 2.68. The summed E-state index contributed by atoms with van der Waals surface area (Å²) in [5.74, 6) is 0.239. The van der Waals surface area contributed by atoms with Gasteiger partial charge in [0.15, 0.2) is 0 Å². The topological polar surface area (TPSA) is 45.7 Å². The Morgan fingerprint density at radius 1 is 1.32 bits per heavy atom. The molecule has 5 heteroatoms. The standard InChI is InChI=1S/C17H25N3O2/c1-2-17(21)20-8-4-7-16(20)15-6-3-5-14(18-15)13-19-9-11-22-12-10-19/h3,5-6,16H,2,4,7-13H2,1H3. The molecule has 3 heterocycles. The molecule has 22 heavy (non-hydrogen) atoms. The number of nitrogens with zero attached hydrogens (tertiary/aromatic N) is 3. The number of carbonyl (C=O) groups excluding carboxylic acids is 1. The molecule has 2 aliphatic rings. The van der Waals surface area contributed by atoms with Crippen LogP contribution < -0.4 is 0 Å². The Balaban J connectivity index is 1.71. The fourth-order valence-electron chi connectivity index (χ4n) is 3.34. The molecule has 0 bridgehead atoms. The van der Waals surface area contributed by atoms with Crippen LogP contribution in [0.4, 0.5) is 0 Å². The summed E-state index contributed by atoms with van der Waals surface area (Å²) in [5, 5.41) is 0. The van der Waals surface area contributed by atoms with Gasteiger partial charge in [-0.05, 0) is 25.0 Å². The predicted octanol–water partition coefficient (Wildman–Crippen LogP) is 1.99. The molecule has 2 fully saturated rings. The minimum absolute atomic E-state index is 0.164. The number of aromatic nitrogens is 1. The SMILES string of the molecule is CCC(=O)N1CCCC1c1cccc(CN2CCOCC2)n1. The lowest BCUT2D eigenvalue weighted by Crippen LogP contribution is -2.36. The maximum Gasteiger partial charge on any atom is 0.222 e. The van der Waals surface area contributed by atoms with Gasteiger partial charge >= 0.3 is 0 Å². The van der Waals surface area contributed by atoms with E-state index < -0.39 is 0 Å². The number of rotatable bonds is 4. The fourth-order valence-corrected chi connectivity index (χ4v) is 3.34. The van der Waals surface area contributed by atoms with E-state index in [4.69, 9.17) is 9.72 Å². The van der Waals surface area contributed by atoms with Crippen molar-refractivity contribution in [3.05, 3.63) is 29.6 Å². The third-order valence-electron chi connectivity index (χ3n) is 4.53. The molecule has 0 N–H and O–H groups in total. The number of hydrogen-bond acceptors (Lipinski definition) is 4. The molecular weight excluding hydrogens is 278 g/mol. The van der Waals surface area contributed by atoms with Gasteiger partial charge in [0.05, 0.1) is 30.6 Å². The first-order chi connectivity index (χ1) is 10.8. The van der Waals surface area contributed by atoms with Crippen LogP contribution in [0.2, 0.25) is 0 Å². The highest BCUT2D eigenvalue weighted by Crippen LogP contribution is 2.31. The average molecular weight is 303 g/mol. The van der Waals surface area contributed by atoms with E-state index in [2.05, 4.69) is 23.1 Å². The summed E-state index contributed by atoms with van der Waals surface area (Å²) in [4.78, 5) is 21.3. The number of morpholine rings is 1. The third-order valence-corrected chi connectivity index (χ3v) is 4.53. The van der Waals surface area contributed by atoms with Crippen molar-refractivity contribution in [1.82, 2.24) is 14.8 Å². The Labute approximate surface area is 132 Å². The van der Waals surface area contributed by atoms with E-state index in [0.717, 1.165) is 63.6 Å². The van der Waals surface area contributed by atoms with Crippen molar-refractivity contribution in [2.24, 2.45) is 0 Å². The van der Waals surface area contributed by atoms with Crippen LogP contribution in [-0.4, -0.2) is 53.5 Å². The number of carbonyl (C=O) groups is 1. The summed E-state index contributed by atoms with van der Waals surface area (Å²) in [6.45, 7) is 7.21. The molecule has 1 unspecified atom stereocenters. The molecule has 0 saturated carbocycles. The van der Waals surface area contributed by atoms with E-state index in [9.17, 15) is 4.79 Å². The minimum Gasteiger partial charge on any atom is -0.379 e. The predicted molar refractivity (Wildman–Crippen MR) is 84.3 cm³/mol. The van der Waals surface area contributed by atoms with Crippen molar-refractivity contribution in [2.75, 3.05) is 32.8 Å². The van der Waals surface area contributed by atoms with Gasteiger partial charge in [0.2, 0.25) is 5.91 Å². The molecule has 2 saturated heterocycles. The molecule has 5 nitrogen and oxygen atoms in total. The molecule has 0 radical (unpaired) electrons. The van der Waals surface area contributed by atoms with E-state index in [1.165, 1.54) is 0 Å². The molecule has 1 atom stereocenters. The first-order valence-electron chi connectivity index (χ1n) is 8.33. The minimum atomic E-state index is 0.164. The van der Waals surface area contributed by atoms with Crippen LogP contribution in [0.5, 0.6) is 0 Å². The van der Waals surface area contributed by atoms with E-state index >= 15 is 0 Å². The highest BCUT2D eigenvalue weighted by atomic mass is 16.5. The van der Waals surface area contributed by atoms with Crippen LogP contribution in [0, 0.1) is 0 Å². The second-order valence-corrected chi connectivity index (χ2v) is 6.04. The van der Waals surface area contributed by atoms with Crippen molar-refractivity contribution in [1.29, 1.82) is 0 Å². The summed E-state index contributed by atoms with van der Waals surface area (Å²) in [5.41, 5.74) is 2.14. The smallest absolute Gasteiger partial charge is 0.222 e. The van der Waals surface area contributed by atoms with E-state index in [1.54, 1.807) is 0 Å². The number of hydrogen-bond donors (Lipinski definition) is 0. The van der Waals surface area contributed by atoms with Gasteiger partial charge in [0.25, 0.3) is 0 Å². The molecular formula is C17H25N3O2. The molecule has 3 rings (SSSR count). The van der Waals surface area contributed by atoms with Crippen LogP contribution in [0.1, 0.15) is 43.6 Å². The van der Waals surface area contributed by atoms with E-state index in [0.29, 0.717) is 6.42 Å². The Morgan fingerprint density at radius 3 is 2.91 bits per heavy atom. The number of likely N-dealkylation sites (tertiary alicyclic amines) is 1. The molecule has 1 amide bonds. The van der Waals surface area contributed by atoms with Crippen molar-refractivity contribution >= 4 is 5.91 Å². The first kappa shape index (κ1) is 15.4. The highest BCUT2D eigenvalue weighted by Gasteiger charge is 2.30. The van der Waals surface area contributed by atoms with Gasteiger partial charge in [0, 0.05) is 32.6 Å². The first-order valence-corrected chi connectivity index (χ1v) is 8.33. The summed E-state index contributed by atoms with van der Waals surface area (Å²) in [6, 6.07) is 6.39. The molecule has 1 aromatic heterocycles. The molecule has 120 valence electrons. The van der Waals surface area contributed by atoms with E-state index in [-0.39, 0.29) is 11.9 Å². The number of amides is 1. The van der Waals surface area contributed by atoms with Crippen molar-refractivity contribution in [2.45, 2.75) is 38.8 Å². The van der Waals surface area contributed by atoms with Gasteiger partial charge in [0.1, 0.15) is 0 Å². The second kappa shape index (κ2) is 7.20. The largest absolute Gasteiger partial charge is 0.379 e. The zero-order valence-electron chi connectivity index (χ0n) is 13.3. The van der Waals surface area contributed by atoms with Gasteiger partial charge in [-0.2, -0.15) is 0 Å². The molecule has 2 aliphatic heterocycles. The van der Waals surface area contributed by atoms with Crippen LogP contribution in [-0.2, 0) is 16.1 Å². The Kier molecular flexibility index (Phi) is 5.05. The van der Waals surface area contributed by atoms with Crippen LogP contribution in [0.25, 0.3) is 0 Å². The number of pyridine rings is 1. The molecule has 0 aromatic carbocycles. The van der Waals surface area contributed by atoms with Gasteiger partial charge in [-0.15, -0.1) is 0 Å². The van der Waals surface area contributed by atoms with Crippen molar-refractivity contribution in [3.8, 4) is 0 Å². The lowest BCUT2D eigenvalue weighted by molar-refractivity contribution is -0.131. The summed E-state index contributed by atoms with van der Waals surface area (Å²) >= 11 is 0. The zero-order valence-corrected chi connectivity index (χ0v) is 13.3. The lowest BCUT2D eigenvalue weighted by Gasteiger charge is -2.27. The third kappa shape index (κ3) is 3.47. The molecule has 1 aromatic rings. The van der Waals surface area contributed by atoms with Gasteiger partial charge < -0.3 is 9.64 Å².